The minimum Gasteiger partial charge on any atom is -0.379 e. The van der Waals surface area contributed by atoms with E-state index >= 15 is 0 Å². The predicted molar refractivity (Wildman–Crippen MR) is 155 cm³/mol. The number of Topliss-reactive ketones (excluding diaryl/α,β-unsaturated/α-hetero) is 3. The number of ketones is 3. The van der Waals surface area contributed by atoms with Gasteiger partial charge in [-0.05, 0) is 53.6 Å². The first-order valence-corrected chi connectivity index (χ1v) is 15.8. The van der Waals surface area contributed by atoms with Gasteiger partial charge < -0.3 is 10.1 Å². The van der Waals surface area contributed by atoms with Crippen molar-refractivity contribution in [3.8, 4) is 0 Å². The number of carbonyl (C=O) groups excluding carboxylic acids is 3. The number of halogens is 9. The first kappa shape index (κ1) is 44.0. The Hall–Kier alpha value is -1.98. The summed E-state index contributed by atoms with van der Waals surface area (Å²) in [5, 5.41) is 8.47. The number of ether oxygens (including phenoxy) is 1. The first-order valence-electron chi connectivity index (χ1n) is 13.2. The molecule has 0 unspecified atom stereocenters. The van der Waals surface area contributed by atoms with Crippen LogP contribution in [0.15, 0.2) is 52.5 Å². The second kappa shape index (κ2) is 22.6. The molecule has 3 aromatic rings. The molecule has 46 heavy (non-hydrogen) atoms. The fourth-order valence-corrected chi connectivity index (χ4v) is 5.14. The number of carbonyl (C=O) groups is 3. The van der Waals surface area contributed by atoms with E-state index in [-0.39, 0.29) is 38.7 Å². The Bertz CT molecular complexity index is 1070. The van der Waals surface area contributed by atoms with Gasteiger partial charge in [0.05, 0.1) is 13.2 Å². The fraction of sp³-hybridized carbons (Fsp3) is 0.464. The van der Waals surface area contributed by atoms with Gasteiger partial charge in [-0.15, -0.1) is 34.0 Å². The summed E-state index contributed by atoms with van der Waals surface area (Å²) in [5.41, 5.74) is 0. The Morgan fingerprint density at radius 2 is 0.870 bits per heavy atom. The molecule has 0 bridgehead atoms. The number of hydrogen-bond acceptors (Lipinski definition) is 8. The van der Waals surface area contributed by atoms with Crippen LogP contribution in [0.3, 0.4) is 0 Å². The number of morpholine rings is 1. The summed E-state index contributed by atoms with van der Waals surface area (Å²) in [6.45, 7) is 3.83. The molecule has 0 aliphatic carbocycles. The molecule has 1 saturated heterocycles. The van der Waals surface area contributed by atoms with Crippen LogP contribution >= 0.6 is 34.0 Å². The molecule has 0 spiro atoms. The zero-order valence-electron chi connectivity index (χ0n) is 23.9. The van der Waals surface area contributed by atoms with Crippen molar-refractivity contribution in [3.05, 3.63) is 67.2 Å². The van der Waals surface area contributed by atoms with Crippen LogP contribution in [0.2, 0.25) is 0 Å². The van der Waals surface area contributed by atoms with Gasteiger partial charge in [0.15, 0.2) is 0 Å². The van der Waals surface area contributed by atoms with Crippen molar-refractivity contribution in [2.75, 3.05) is 26.3 Å². The molecule has 0 saturated carbocycles. The molecular weight excluding hydrogens is 783 g/mol. The molecular formula is C28H30F9NO4RuS3+3. The smallest absolute Gasteiger partial charge is 0.379 e. The van der Waals surface area contributed by atoms with Crippen LogP contribution in [0.4, 0.5) is 39.5 Å². The molecule has 3 aromatic heterocycles. The molecule has 0 amide bonds. The maximum Gasteiger partial charge on any atom is 3.00 e. The third-order valence-electron chi connectivity index (χ3n) is 5.33. The Balaban J connectivity index is 0.000000599. The van der Waals surface area contributed by atoms with E-state index in [4.69, 9.17) is 4.74 Å². The van der Waals surface area contributed by atoms with E-state index in [1.807, 2.05) is 0 Å². The Morgan fingerprint density at radius 1 is 0.587 bits per heavy atom. The van der Waals surface area contributed by atoms with E-state index in [1.54, 1.807) is 52.5 Å². The van der Waals surface area contributed by atoms with Crippen LogP contribution in [-0.2, 0) is 57.9 Å². The summed E-state index contributed by atoms with van der Waals surface area (Å²) < 4.78 is 111. The molecule has 1 aliphatic rings. The van der Waals surface area contributed by atoms with Gasteiger partial charge in [-0.2, -0.15) is 39.5 Å². The number of rotatable bonds is 9. The Morgan fingerprint density at radius 3 is 1.02 bits per heavy atom. The van der Waals surface area contributed by atoms with Crippen molar-refractivity contribution in [2.24, 2.45) is 0 Å². The van der Waals surface area contributed by atoms with Crippen LogP contribution < -0.4 is 5.32 Å². The maximum atomic E-state index is 11.7. The van der Waals surface area contributed by atoms with E-state index in [1.165, 1.54) is 34.0 Å². The minimum atomic E-state index is -4.68. The van der Waals surface area contributed by atoms with Gasteiger partial charge in [-0.25, -0.2) is 0 Å². The monoisotopic (exact) mass is 813 g/mol. The van der Waals surface area contributed by atoms with Gasteiger partial charge in [0.2, 0.25) is 17.3 Å². The van der Waals surface area contributed by atoms with Crippen molar-refractivity contribution in [1.29, 1.82) is 0 Å². The Labute approximate surface area is 284 Å². The maximum absolute atomic E-state index is 11.7. The molecule has 0 aromatic carbocycles. The molecule has 0 atom stereocenters. The summed E-state index contributed by atoms with van der Waals surface area (Å²) in [6, 6.07) is 10.4. The van der Waals surface area contributed by atoms with Crippen LogP contribution in [0.25, 0.3) is 0 Å². The van der Waals surface area contributed by atoms with Crippen molar-refractivity contribution in [2.45, 2.75) is 57.1 Å². The van der Waals surface area contributed by atoms with E-state index < -0.39 is 55.1 Å². The van der Waals surface area contributed by atoms with Crippen molar-refractivity contribution in [3.63, 3.8) is 0 Å². The molecule has 4 heterocycles. The molecule has 5 nitrogen and oxygen atoms in total. The third kappa shape index (κ3) is 21.0. The SMILES string of the molecule is C1COCCN1.O=C(CCc1cccs1)C(F)(F)F.O=C(CCc1cccs1)C(F)(F)F.O=C(CCc1cccs1)C(F)(F)F.[Ru+3]. The van der Waals surface area contributed by atoms with Crippen molar-refractivity contribution >= 4 is 51.4 Å². The average molecular weight is 813 g/mol. The molecule has 257 valence electrons. The van der Waals surface area contributed by atoms with Crippen LogP contribution in [0.1, 0.15) is 33.9 Å². The zero-order valence-corrected chi connectivity index (χ0v) is 28.1. The van der Waals surface area contributed by atoms with E-state index in [0.29, 0.717) is 0 Å². The normalized spacial score (nSPS) is 13.0. The van der Waals surface area contributed by atoms with Gasteiger partial charge in [-0.1, -0.05) is 18.2 Å². The molecule has 1 fully saturated rings. The van der Waals surface area contributed by atoms with Gasteiger partial charge in [0.25, 0.3) is 0 Å². The molecule has 1 radical (unpaired) electrons. The number of hydrogen-bond donors (Lipinski definition) is 1. The average Bonchev–Trinajstić information content (AvgIpc) is 3.78. The van der Waals surface area contributed by atoms with E-state index in [0.717, 1.165) is 40.9 Å². The van der Waals surface area contributed by atoms with Gasteiger partial charge in [0, 0.05) is 47.0 Å². The molecule has 4 rings (SSSR count). The van der Waals surface area contributed by atoms with Crippen LogP contribution in [-0.4, -0.2) is 62.2 Å². The van der Waals surface area contributed by atoms with Gasteiger partial charge in [-0.3, -0.25) is 14.4 Å². The second-order valence-corrected chi connectivity index (χ2v) is 12.0. The molecule has 18 heteroatoms. The summed E-state index contributed by atoms with van der Waals surface area (Å²) in [5.74, 6) is -4.96. The van der Waals surface area contributed by atoms with Gasteiger partial charge >= 0.3 is 38.0 Å². The standard InChI is InChI=1S/3C8H7F3OS.C4H9NO.Ru/c3*9-8(10,11)7(12)4-3-6-2-1-5-13-6;1-3-6-4-2-5-1;/h3*1-2,5H,3-4H2;5H,1-4H2;/q;;;;+3. The Kier molecular flexibility index (Phi) is 21.6. The molecule has 1 N–H and O–H groups in total. The number of nitrogens with one attached hydrogen (secondary N) is 1. The third-order valence-corrected chi connectivity index (χ3v) is 8.14. The number of alkyl halides is 9. The number of thiophene rings is 3. The van der Waals surface area contributed by atoms with E-state index in [2.05, 4.69) is 5.32 Å². The number of aryl methyl sites for hydroxylation is 3. The van der Waals surface area contributed by atoms with Crippen molar-refractivity contribution < 1.29 is 78.1 Å². The fourth-order valence-electron chi connectivity index (χ4n) is 3.02. The van der Waals surface area contributed by atoms with Crippen molar-refractivity contribution in [1.82, 2.24) is 5.32 Å². The summed E-state index contributed by atoms with van der Waals surface area (Å²) >= 11 is 4.07. The van der Waals surface area contributed by atoms with Gasteiger partial charge in [0.1, 0.15) is 0 Å². The van der Waals surface area contributed by atoms with Crippen LogP contribution in [0.5, 0.6) is 0 Å². The largest absolute Gasteiger partial charge is 3.00 e. The first-order chi connectivity index (χ1) is 21.0. The summed E-state index contributed by atoms with van der Waals surface area (Å²) in [6.07, 6.45) is -14.9. The minimum absolute atomic E-state index is 0. The molecule has 1 aliphatic heterocycles. The van der Waals surface area contributed by atoms with Crippen LogP contribution in [0, 0.1) is 0 Å². The summed E-state index contributed by atoms with van der Waals surface area (Å²) in [7, 11) is 0. The summed E-state index contributed by atoms with van der Waals surface area (Å²) in [4.78, 5) is 33.7. The topological polar surface area (TPSA) is 72.5 Å². The predicted octanol–water partition coefficient (Wildman–Crippen LogP) is 8.04. The van der Waals surface area contributed by atoms with E-state index in [9.17, 15) is 53.9 Å². The second-order valence-electron chi connectivity index (χ2n) is 8.86. The zero-order chi connectivity index (χ0) is 33.9. The quantitative estimate of drug-likeness (QED) is 0.175.